The molecular formula is C32H44N2O6S2. The Morgan fingerprint density at radius 3 is 2.38 bits per heavy atom. The lowest BCUT2D eigenvalue weighted by Gasteiger charge is -2.36. The van der Waals surface area contributed by atoms with Crippen LogP contribution in [0.4, 0.5) is 11.4 Å². The monoisotopic (exact) mass is 616 g/mol. The van der Waals surface area contributed by atoms with E-state index in [4.69, 9.17) is 9.47 Å². The highest BCUT2D eigenvalue weighted by Gasteiger charge is 2.42. The van der Waals surface area contributed by atoms with Crippen LogP contribution in [0, 0.1) is 5.41 Å². The summed E-state index contributed by atoms with van der Waals surface area (Å²) in [7, 11) is -3.72. The summed E-state index contributed by atoms with van der Waals surface area (Å²) in [6, 6.07) is 10.7. The molecule has 2 aromatic carbocycles. The lowest BCUT2D eigenvalue weighted by molar-refractivity contribution is -0.137. The first kappa shape index (κ1) is 33.5. The van der Waals surface area contributed by atoms with Crippen molar-refractivity contribution in [3.63, 3.8) is 0 Å². The van der Waals surface area contributed by atoms with E-state index < -0.39 is 21.2 Å². The minimum Gasteiger partial charge on any atom is -0.464 e. The highest BCUT2D eigenvalue weighted by molar-refractivity contribution is 7.98. The molecule has 1 heterocycles. The number of fused-ring (bicyclic) bond motifs is 1. The molecule has 42 heavy (non-hydrogen) atoms. The van der Waals surface area contributed by atoms with Crippen molar-refractivity contribution in [1.82, 2.24) is 5.32 Å². The van der Waals surface area contributed by atoms with Crippen molar-refractivity contribution in [2.24, 2.45) is 5.41 Å². The predicted octanol–water partition coefficient (Wildman–Crippen LogP) is 6.90. The first-order valence-corrected chi connectivity index (χ1v) is 17.3. The van der Waals surface area contributed by atoms with Gasteiger partial charge in [-0.15, -0.1) is 11.8 Å². The molecule has 0 bridgehead atoms. The lowest BCUT2D eigenvalue weighted by Crippen LogP contribution is -2.40. The number of carbonyl (C=O) groups is 2. The first-order chi connectivity index (χ1) is 19.8. The van der Waals surface area contributed by atoms with Gasteiger partial charge in [-0.3, -0.25) is 4.79 Å². The Morgan fingerprint density at radius 2 is 1.81 bits per heavy atom. The molecule has 0 saturated heterocycles. The van der Waals surface area contributed by atoms with Crippen LogP contribution in [0.2, 0.25) is 0 Å². The van der Waals surface area contributed by atoms with E-state index in [1.54, 1.807) is 25.1 Å². The fourth-order valence-electron chi connectivity index (χ4n) is 5.07. The zero-order valence-electron chi connectivity index (χ0n) is 25.8. The molecule has 10 heteroatoms. The number of rotatable bonds is 11. The Hall–Kier alpha value is -2.98. The molecule has 8 nitrogen and oxygen atoms in total. The molecule has 1 N–H and O–H groups in total. The highest BCUT2D eigenvalue weighted by Crippen LogP contribution is 2.47. The van der Waals surface area contributed by atoms with Gasteiger partial charge in [-0.1, -0.05) is 26.7 Å². The molecule has 0 fully saturated rings. The molecule has 0 radical (unpaired) electrons. The maximum Gasteiger partial charge on any atom is 0.333 e. The van der Waals surface area contributed by atoms with Crippen molar-refractivity contribution >= 4 is 44.9 Å². The number of benzene rings is 2. The summed E-state index contributed by atoms with van der Waals surface area (Å²) in [6.07, 6.45) is 7.64. The van der Waals surface area contributed by atoms with Gasteiger partial charge in [-0.25, -0.2) is 13.2 Å². The van der Waals surface area contributed by atoms with Gasteiger partial charge in [0.25, 0.3) is 5.91 Å². The van der Waals surface area contributed by atoms with Crippen molar-refractivity contribution in [1.29, 1.82) is 0 Å². The number of nitrogens with one attached hydrogen (secondary N) is 1. The average Bonchev–Trinajstić information content (AvgIpc) is 3.02. The summed E-state index contributed by atoms with van der Waals surface area (Å²) in [5.41, 5.74) is 1.07. The van der Waals surface area contributed by atoms with Crippen molar-refractivity contribution in [2.45, 2.75) is 82.6 Å². The summed E-state index contributed by atoms with van der Waals surface area (Å²) >= 11 is 1.42. The number of sulfone groups is 1. The minimum absolute atomic E-state index is 0.0167. The number of hydrogen-bond acceptors (Lipinski definition) is 8. The number of hydrogen-bond donors (Lipinski definition) is 1. The van der Waals surface area contributed by atoms with Crippen LogP contribution in [-0.2, 0) is 19.4 Å². The number of unbranched alkanes of at least 4 members (excludes halogenated alkanes) is 1. The van der Waals surface area contributed by atoms with E-state index in [0.717, 1.165) is 29.8 Å². The summed E-state index contributed by atoms with van der Waals surface area (Å²) in [5, 5.41) is 2.99. The summed E-state index contributed by atoms with van der Waals surface area (Å²) in [5.74, 6) is -0.346. The summed E-state index contributed by atoms with van der Waals surface area (Å²) < 4.78 is 38.8. The Bertz CT molecular complexity index is 1400. The molecule has 1 amide bonds. The normalized spacial score (nSPS) is 18.3. The predicted molar refractivity (Wildman–Crippen MR) is 170 cm³/mol. The molecule has 1 aliphatic rings. The molecule has 1 unspecified atom stereocenters. The Morgan fingerprint density at radius 1 is 1.12 bits per heavy atom. The third kappa shape index (κ3) is 8.31. The van der Waals surface area contributed by atoms with E-state index in [-0.39, 0.29) is 28.7 Å². The fraction of sp³-hybridized carbons (Fsp3) is 0.500. The third-order valence-corrected chi connectivity index (χ3v) is 10.0. The molecule has 0 aliphatic carbocycles. The maximum atomic E-state index is 14.1. The van der Waals surface area contributed by atoms with E-state index in [0.29, 0.717) is 30.0 Å². The van der Waals surface area contributed by atoms with Gasteiger partial charge in [0.1, 0.15) is 5.75 Å². The Kier molecular flexibility index (Phi) is 11.2. The number of carbonyl (C=O) groups excluding carboxylic acids is 2. The summed E-state index contributed by atoms with van der Waals surface area (Å²) in [6.45, 7) is 12.4. The Balaban J connectivity index is 2.15. The largest absolute Gasteiger partial charge is 0.464 e. The lowest BCUT2D eigenvalue weighted by atomic mass is 9.81. The molecule has 0 aromatic heterocycles. The van der Waals surface area contributed by atoms with E-state index >= 15 is 0 Å². The van der Waals surface area contributed by atoms with Gasteiger partial charge in [0.2, 0.25) is 0 Å². The highest BCUT2D eigenvalue weighted by atomic mass is 32.2. The molecular weight excluding hydrogens is 572 g/mol. The van der Waals surface area contributed by atoms with Crippen LogP contribution in [0.3, 0.4) is 0 Å². The number of ether oxygens (including phenoxy) is 2. The van der Waals surface area contributed by atoms with Crippen molar-refractivity contribution in [2.75, 3.05) is 30.1 Å². The van der Waals surface area contributed by atoms with Crippen molar-refractivity contribution < 1.29 is 27.5 Å². The topological polar surface area (TPSA) is 102 Å². The zero-order valence-corrected chi connectivity index (χ0v) is 27.4. The number of thioether (sulfide) groups is 1. The van der Waals surface area contributed by atoms with Gasteiger partial charge >= 0.3 is 5.97 Å². The molecule has 3 rings (SSSR count). The first-order valence-electron chi connectivity index (χ1n) is 14.4. The molecule has 0 spiro atoms. The van der Waals surface area contributed by atoms with Gasteiger partial charge in [-0.05, 0) is 77.1 Å². The standard InChI is InChI=1S/C32H44N2O6S2/c1-8-11-17-32(9-2)21-34(24-14-12-23(13-15-24)30(36)33-31(4,5)6)25-19-27(41-7)26(20-28(25)42(37,38)22-32)40-18-16-29(35)39-10-3/h12-16,18-20H,8-11,17,21-22H2,1-7H3,(H,33,36)/b18-16+. The van der Waals surface area contributed by atoms with Gasteiger partial charge in [0.15, 0.2) is 9.84 Å². The molecule has 230 valence electrons. The summed E-state index contributed by atoms with van der Waals surface area (Å²) in [4.78, 5) is 27.5. The van der Waals surface area contributed by atoms with Gasteiger partial charge in [0.05, 0.1) is 40.2 Å². The minimum atomic E-state index is -3.72. The number of anilines is 2. The van der Waals surface area contributed by atoms with E-state index in [2.05, 4.69) is 24.1 Å². The third-order valence-electron chi connectivity index (χ3n) is 7.29. The fourth-order valence-corrected chi connectivity index (χ4v) is 7.79. The van der Waals surface area contributed by atoms with E-state index in [1.165, 1.54) is 24.1 Å². The number of amides is 1. The zero-order chi connectivity index (χ0) is 31.1. The van der Waals surface area contributed by atoms with Crippen LogP contribution in [0.25, 0.3) is 0 Å². The van der Waals surface area contributed by atoms with Crippen LogP contribution in [0.15, 0.2) is 58.5 Å². The van der Waals surface area contributed by atoms with Crippen LogP contribution in [-0.4, -0.2) is 51.0 Å². The van der Waals surface area contributed by atoms with Crippen LogP contribution < -0.4 is 15.0 Å². The van der Waals surface area contributed by atoms with Crippen LogP contribution in [0.5, 0.6) is 5.75 Å². The molecule has 1 aliphatic heterocycles. The van der Waals surface area contributed by atoms with Crippen molar-refractivity contribution in [3.05, 3.63) is 54.3 Å². The average molecular weight is 617 g/mol. The van der Waals surface area contributed by atoms with Crippen LogP contribution in [0.1, 0.15) is 77.6 Å². The molecule has 2 aromatic rings. The van der Waals surface area contributed by atoms with Gasteiger partial charge in [0, 0.05) is 34.8 Å². The maximum absolute atomic E-state index is 14.1. The quantitative estimate of drug-likeness (QED) is 0.126. The second-order valence-corrected chi connectivity index (χ2v) is 14.5. The second-order valence-electron chi connectivity index (χ2n) is 11.7. The SMILES string of the molecule is CCCCC1(CC)CN(c2ccc(C(=O)NC(C)(C)C)cc2)c2cc(SC)c(O/C=C/C(=O)OCC)cc2S(=O)(=O)C1. The van der Waals surface area contributed by atoms with E-state index in [1.807, 2.05) is 45.2 Å². The number of nitrogens with zero attached hydrogens (tertiary/aromatic N) is 1. The van der Waals surface area contributed by atoms with Crippen molar-refractivity contribution in [3.8, 4) is 5.75 Å². The molecule has 0 saturated carbocycles. The second kappa shape index (κ2) is 14.0. The van der Waals surface area contributed by atoms with Crippen LogP contribution >= 0.6 is 11.8 Å². The molecule has 1 atom stereocenters. The smallest absolute Gasteiger partial charge is 0.333 e. The van der Waals surface area contributed by atoms with E-state index in [9.17, 15) is 18.0 Å². The van der Waals surface area contributed by atoms with Gasteiger partial charge in [-0.2, -0.15) is 0 Å². The number of esters is 1. The van der Waals surface area contributed by atoms with Gasteiger partial charge < -0.3 is 19.7 Å². The Labute approximate surface area is 255 Å².